The number of nitrogens with one attached hydrogen (secondary N) is 1. The molecule has 0 aliphatic carbocycles. The van der Waals surface area contributed by atoms with Crippen molar-refractivity contribution in [3.8, 4) is 0 Å². The quantitative estimate of drug-likeness (QED) is 0.886. The SMILES string of the molecule is CCNC(c1cncc(C)c1)c1ccc(CC)s1. The molecule has 2 nitrogen and oxygen atoms in total. The van der Waals surface area contributed by atoms with Gasteiger partial charge < -0.3 is 5.32 Å². The van der Waals surface area contributed by atoms with Crippen LogP contribution in [0.3, 0.4) is 0 Å². The van der Waals surface area contributed by atoms with Crippen molar-refractivity contribution in [2.24, 2.45) is 0 Å². The van der Waals surface area contributed by atoms with Crippen LogP contribution in [-0.4, -0.2) is 11.5 Å². The van der Waals surface area contributed by atoms with Gasteiger partial charge in [-0.2, -0.15) is 0 Å². The van der Waals surface area contributed by atoms with E-state index in [2.05, 4.69) is 49.3 Å². The van der Waals surface area contributed by atoms with Crippen LogP contribution in [0.15, 0.2) is 30.6 Å². The third-order valence-electron chi connectivity index (χ3n) is 2.95. The van der Waals surface area contributed by atoms with Crippen molar-refractivity contribution < 1.29 is 0 Å². The number of pyridine rings is 1. The first kappa shape index (κ1) is 13.2. The predicted octanol–water partition coefficient (Wildman–Crippen LogP) is 3.71. The van der Waals surface area contributed by atoms with Gasteiger partial charge >= 0.3 is 0 Å². The molecule has 0 saturated carbocycles. The van der Waals surface area contributed by atoms with Crippen molar-refractivity contribution in [1.29, 1.82) is 0 Å². The van der Waals surface area contributed by atoms with Gasteiger partial charge in [-0.3, -0.25) is 4.98 Å². The summed E-state index contributed by atoms with van der Waals surface area (Å²) in [4.78, 5) is 7.12. The predicted molar refractivity (Wildman–Crippen MR) is 78.2 cm³/mol. The summed E-state index contributed by atoms with van der Waals surface area (Å²) in [5.41, 5.74) is 2.46. The van der Waals surface area contributed by atoms with Crippen molar-refractivity contribution >= 4 is 11.3 Å². The van der Waals surface area contributed by atoms with Crippen LogP contribution < -0.4 is 5.32 Å². The molecule has 0 fully saturated rings. The van der Waals surface area contributed by atoms with Crippen LogP contribution in [0.4, 0.5) is 0 Å². The maximum Gasteiger partial charge on any atom is 0.0686 e. The van der Waals surface area contributed by atoms with Gasteiger partial charge in [-0.05, 0) is 43.1 Å². The van der Waals surface area contributed by atoms with Gasteiger partial charge in [0.25, 0.3) is 0 Å². The van der Waals surface area contributed by atoms with Gasteiger partial charge in [0.2, 0.25) is 0 Å². The lowest BCUT2D eigenvalue weighted by atomic mass is 10.1. The van der Waals surface area contributed by atoms with E-state index in [0.717, 1.165) is 13.0 Å². The van der Waals surface area contributed by atoms with Gasteiger partial charge in [0.15, 0.2) is 0 Å². The van der Waals surface area contributed by atoms with Crippen molar-refractivity contribution in [1.82, 2.24) is 10.3 Å². The molecule has 18 heavy (non-hydrogen) atoms. The number of thiophene rings is 1. The highest BCUT2D eigenvalue weighted by molar-refractivity contribution is 7.12. The Hall–Kier alpha value is -1.19. The molecule has 2 aromatic rings. The van der Waals surface area contributed by atoms with E-state index in [9.17, 15) is 0 Å². The van der Waals surface area contributed by atoms with Gasteiger partial charge in [-0.15, -0.1) is 11.3 Å². The molecule has 0 saturated heterocycles. The molecule has 2 aromatic heterocycles. The Balaban J connectivity index is 2.33. The summed E-state index contributed by atoms with van der Waals surface area (Å²) < 4.78 is 0. The van der Waals surface area contributed by atoms with Gasteiger partial charge in [-0.25, -0.2) is 0 Å². The normalized spacial score (nSPS) is 12.6. The second kappa shape index (κ2) is 6.12. The minimum Gasteiger partial charge on any atom is -0.306 e. The van der Waals surface area contributed by atoms with Crippen LogP contribution in [0.5, 0.6) is 0 Å². The zero-order valence-electron chi connectivity index (χ0n) is 11.2. The van der Waals surface area contributed by atoms with Crippen LogP contribution in [0, 0.1) is 6.92 Å². The first-order chi connectivity index (χ1) is 8.74. The summed E-state index contributed by atoms with van der Waals surface area (Å²) in [5, 5.41) is 3.55. The lowest BCUT2D eigenvalue weighted by Crippen LogP contribution is -2.21. The molecule has 0 spiro atoms. The maximum atomic E-state index is 4.30. The van der Waals surface area contributed by atoms with Gasteiger partial charge in [0.1, 0.15) is 0 Å². The molecule has 1 N–H and O–H groups in total. The average Bonchev–Trinajstić information content (AvgIpc) is 2.84. The van der Waals surface area contributed by atoms with Crippen LogP contribution in [0.25, 0.3) is 0 Å². The molecule has 3 heteroatoms. The fraction of sp³-hybridized carbons (Fsp3) is 0.400. The zero-order chi connectivity index (χ0) is 13.0. The standard InChI is InChI=1S/C15H20N2S/c1-4-13-6-7-14(18-13)15(17-5-2)12-8-11(3)9-16-10-12/h6-10,15,17H,4-5H2,1-3H3. The van der Waals surface area contributed by atoms with E-state index in [1.54, 1.807) is 0 Å². The molecular formula is C15H20N2S. The number of hydrogen-bond donors (Lipinski definition) is 1. The monoisotopic (exact) mass is 260 g/mol. The van der Waals surface area contributed by atoms with Crippen molar-refractivity contribution in [2.45, 2.75) is 33.2 Å². The summed E-state index contributed by atoms with van der Waals surface area (Å²) in [7, 11) is 0. The Morgan fingerprint density at radius 2 is 2.11 bits per heavy atom. The highest BCUT2D eigenvalue weighted by atomic mass is 32.1. The van der Waals surface area contributed by atoms with E-state index in [1.807, 2.05) is 23.7 Å². The maximum absolute atomic E-state index is 4.30. The van der Waals surface area contributed by atoms with Crippen LogP contribution in [0.2, 0.25) is 0 Å². The number of hydrogen-bond acceptors (Lipinski definition) is 3. The summed E-state index contributed by atoms with van der Waals surface area (Å²) in [6.07, 6.45) is 4.97. The summed E-state index contributed by atoms with van der Waals surface area (Å²) >= 11 is 1.89. The van der Waals surface area contributed by atoms with Crippen LogP contribution in [0.1, 0.15) is 40.8 Å². The number of nitrogens with zero attached hydrogens (tertiary/aromatic N) is 1. The Morgan fingerprint density at radius 1 is 1.28 bits per heavy atom. The molecule has 0 amide bonds. The van der Waals surface area contributed by atoms with E-state index in [0.29, 0.717) is 0 Å². The summed E-state index contributed by atoms with van der Waals surface area (Å²) in [6.45, 7) is 7.39. The Labute approximate surface area is 113 Å². The second-order valence-corrected chi connectivity index (χ2v) is 5.64. The largest absolute Gasteiger partial charge is 0.306 e. The number of aryl methyl sites for hydroxylation is 2. The molecule has 1 unspecified atom stereocenters. The van der Waals surface area contributed by atoms with Crippen molar-refractivity contribution in [3.05, 3.63) is 51.5 Å². The van der Waals surface area contributed by atoms with E-state index < -0.39 is 0 Å². The van der Waals surface area contributed by atoms with E-state index in [1.165, 1.54) is 20.9 Å². The molecular weight excluding hydrogens is 240 g/mol. The molecule has 2 rings (SSSR count). The molecule has 0 radical (unpaired) electrons. The number of aromatic nitrogens is 1. The second-order valence-electron chi connectivity index (χ2n) is 4.44. The highest BCUT2D eigenvalue weighted by Gasteiger charge is 2.15. The first-order valence-electron chi connectivity index (χ1n) is 6.48. The lowest BCUT2D eigenvalue weighted by molar-refractivity contribution is 0.637. The smallest absolute Gasteiger partial charge is 0.0686 e. The van der Waals surface area contributed by atoms with E-state index >= 15 is 0 Å². The van der Waals surface area contributed by atoms with Gasteiger partial charge in [-0.1, -0.05) is 19.9 Å². The van der Waals surface area contributed by atoms with Crippen molar-refractivity contribution in [3.63, 3.8) is 0 Å². The van der Waals surface area contributed by atoms with E-state index in [-0.39, 0.29) is 6.04 Å². The highest BCUT2D eigenvalue weighted by Crippen LogP contribution is 2.28. The summed E-state index contributed by atoms with van der Waals surface area (Å²) in [6, 6.07) is 6.95. The third kappa shape index (κ3) is 2.98. The minimum absolute atomic E-state index is 0.271. The average molecular weight is 260 g/mol. The molecule has 0 aromatic carbocycles. The van der Waals surface area contributed by atoms with E-state index in [4.69, 9.17) is 0 Å². The third-order valence-corrected chi connectivity index (χ3v) is 4.25. The Kier molecular flexibility index (Phi) is 4.50. The first-order valence-corrected chi connectivity index (χ1v) is 7.29. The fourth-order valence-corrected chi connectivity index (χ4v) is 3.12. The summed E-state index contributed by atoms with van der Waals surface area (Å²) in [5.74, 6) is 0. The zero-order valence-corrected chi connectivity index (χ0v) is 12.1. The van der Waals surface area contributed by atoms with Crippen LogP contribution >= 0.6 is 11.3 Å². The molecule has 0 aliphatic heterocycles. The lowest BCUT2D eigenvalue weighted by Gasteiger charge is -2.17. The Morgan fingerprint density at radius 3 is 2.72 bits per heavy atom. The molecule has 0 aliphatic rings. The Bertz CT molecular complexity index is 505. The van der Waals surface area contributed by atoms with Gasteiger partial charge in [0.05, 0.1) is 6.04 Å². The topological polar surface area (TPSA) is 24.9 Å². The van der Waals surface area contributed by atoms with Crippen molar-refractivity contribution in [2.75, 3.05) is 6.54 Å². The number of rotatable bonds is 5. The molecule has 96 valence electrons. The minimum atomic E-state index is 0.271. The van der Waals surface area contributed by atoms with Gasteiger partial charge in [0, 0.05) is 22.1 Å². The van der Waals surface area contributed by atoms with Crippen LogP contribution in [-0.2, 0) is 6.42 Å². The fourth-order valence-electron chi connectivity index (χ4n) is 2.06. The molecule has 1 atom stereocenters. The molecule has 2 heterocycles. The molecule has 0 bridgehead atoms.